The molecule has 0 unspecified atom stereocenters. The van der Waals surface area contributed by atoms with Crippen molar-refractivity contribution in [1.29, 1.82) is 0 Å². The quantitative estimate of drug-likeness (QED) is 0.853. The zero-order valence-electron chi connectivity index (χ0n) is 10.4. The maximum absolute atomic E-state index is 11.1. The van der Waals surface area contributed by atoms with Crippen LogP contribution < -0.4 is 0 Å². The molecule has 0 aliphatic heterocycles. The summed E-state index contributed by atoms with van der Waals surface area (Å²) >= 11 is 1.69. The third-order valence-electron chi connectivity index (χ3n) is 2.47. The number of hydrogen-bond acceptors (Lipinski definition) is 3. The molecule has 3 nitrogen and oxygen atoms in total. The van der Waals surface area contributed by atoms with Gasteiger partial charge in [0, 0.05) is 16.0 Å². The summed E-state index contributed by atoms with van der Waals surface area (Å²) in [6, 6.07) is 9.32. The molecule has 1 aromatic carbocycles. The highest BCUT2D eigenvalue weighted by molar-refractivity contribution is 7.99. The van der Waals surface area contributed by atoms with Crippen LogP contribution >= 0.6 is 11.8 Å². The number of carboxylic acid groups (broad SMARTS) is 1. The van der Waals surface area contributed by atoms with Crippen LogP contribution in [0.25, 0.3) is 10.9 Å². The summed E-state index contributed by atoms with van der Waals surface area (Å²) in [5.41, 5.74) is 0.851. The molecule has 0 saturated carbocycles. The summed E-state index contributed by atoms with van der Waals surface area (Å²) in [4.78, 5) is 16.2. The molecule has 0 aliphatic carbocycles. The van der Waals surface area contributed by atoms with Gasteiger partial charge in [-0.3, -0.25) is 0 Å². The summed E-state index contributed by atoms with van der Waals surface area (Å²) < 4.78 is 0. The standard InChI is InChI=1S/C14H15NO2S/c1-9(2)8-18-13-7-12(14(16)17)15-11-6-4-3-5-10(11)13/h3-7,9H,8H2,1-2H3,(H,16,17). The maximum Gasteiger partial charge on any atom is 0.354 e. The minimum absolute atomic E-state index is 0.111. The number of carboxylic acids is 1. The van der Waals surface area contributed by atoms with Crippen molar-refractivity contribution in [3.05, 3.63) is 36.0 Å². The van der Waals surface area contributed by atoms with E-state index in [0.717, 1.165) is 21.6 Å². The van der Waals surface area contributed by atoms with Crippen molar-refractivity contribution >= 4 is 28.6 Å². The number of carbonyl (C=O) groups is 1. The predicted molar refractivity (Wildman–Crippen MR) is 74.3 cm³/mol. The highest BCUT2D eigenvalue weighted by Crippen LogP contribution is 2.29. The zero-order chi connectivity index (χ0) is 13.1. The highest BCUT2D eigenvalue weighted by atomic mass is 32.2. The molecule has 0 saturated heterocycles. The molecule has 0 fully saturated rings. The fourth-order valence-corrected chi connectivity index (χ4v) is 2.66. The molecule has 1 aromatic heterocycles. The van der Waals surface area contributed by atoms with Crippen molar-refractivity contribution in [2.75, 3.05) is 5.75 Å². The molecule has 4 heteroatoms. The van der Waals surface area contributed by atoms with Gasteiger partial charge in [-0.05, 0) is 18.1 Å². The third kappa shape index (κ3) is 2.82. The lowest BCUT2D eigenvalue weighted by Crippen LogP contribution is -2.01. The Labute approximate surface area is 110 Å². The van der Waals surface area contributed by atoms with Crippen LogP contribution in [0.1, 0.15) is 24.3 Å². The molecule has 0 aliphatic rings. The molecule has 1 N–H and O–H groups in total. The normalized spacial score (nSPS) is 11.1. The van der Waals surface area contributed by atoms with Gasteiger partial charge in [-0.15, -0.1) is 11.8 Å². The largest absolute Gasteiger partial charge is 0.477 e. The molecular weight excluding hydrogens is 246 g/mol. The molecule has 94 valence electrons. The van der Waals surface area contributed by atoms with E-state index in [1.165, 1.54) is 0 Å². The Kier molecular flexibility index (Phi) is 3.87. The van der Waals surface area contributed by atoms with E-state index in [-0.39, 0.29) is 5.69 Å². The van der Waals surface area contributed by atoms with Gasteiger partial charge in [0.1, 0.15) is 5.69 Å². The minimum Gasteiger partial charge on any atom is -0.477 e. The highest BCUT2D eigenvalue weighted by Gasteiger charge is 2.11. The molecule has 0 amide bonds. The molecule has 0 atom stereocenters. The number of aromatic carboxylic acids is 1. The Bertz CT molecular complexity index is 581. The number of nitrogens with zero attached hydrogens (tertiary/aromatic N) is 1. The SMILES string of the molecule is CC(C)CSc1cc(C(=O)O)nc2ccccc12. The van der Waals surface area contributed by atoms with Gasteiger partial charge in [-0.25, -0.2) is 9.78 Å². The second kappa shape index (κ2) is 5.40. The summed E-state index contributed by atoms with van der Waals surface area (Å²) in [7, 11) is 0. The van der Waals surface area contributed by atoms with Gasteiger partial charge in [-0.2, -0.15) is 0 Å². The Hall–Kier alpha value is -1.55. The van der Waals surface area contributed by atoms with Crippen molar-refractivity contribution in [3.63, 3.8) is 0 Å². The van der Waals surface area contributed by atoms with Crippen molar-refractivity contribution < 1.29 is 9.90 Å². The average molecular weight is 261 g/mol. The van der Waals surface area contributed by atoms with Crippen molar-refractivity contribution in [3.8, 4) is 0 Å². The first-order valence-electron chi connectivity index (χ1n) is 5.84. The zero-order valence-corrected chi connectivity index (χ0v) is 11.2. The van der Waals surface area contributed by atoms with E-state index < -0.39 is 5.97 Å². The van der Waals surface area contributed by atoms with E-state index in [2.05, 4.69) is 18.8 Å². The number of pyridine rings is 1. The number of para-hydroxylation sites is 1. The van der Waals surface area contributed by atoms with Gasteiger partial charge in [0.15, 0.2) is 0 Å². The molecule has 0 spiro atoms. The van der Waals surface area contributed by atoms with Gasteiger partial charge in [-0.1, -0.05) is 32.0 Å². The van der Waals surface area contributed by atoms with Crippen LogP contribution in [0.4, 0.5) is 0 Å². The molecule has 1 heterocycles. The first-order chi connectivity index (χ1) is 8.58. The lowest BCUT2D eigenvalue weighted by Gasteiger charge is -2.09. The van der Waals surface area contributed by atoms with Crippen LogP contribution in [-0.2, 0) is 0 Å². The van der Waals surface area contributed by atoms with E-state index >= 15 is 0 Å². The monoisotopic (exact) mass is 261 g/mol. The molecule has 18 heavy (non-hydrogen) atoms. The Morgan fingerprint density at radius 1 is 1.39 bits per heavy atom. The van der Waals surface area contributed by atoms with Gasteiger partial charge < -0.3 is 5.11 Å². The topological polar surface area (TPSA) is 50.2 Å². The van der Waals surface area contributed by atoms with Gasteiger partial charge in [0.25, 0.3) is 0 Å². The van der Waals surface area contributed by atoms with Crippen LogP contribution in [-0.4, -0.2) is 21.8 Å². The third-order valence-corrected chi connectivity index (χ3v) is 3.95. The van der Waals surface area contributed by atoms with Crippen molar-refractivity contribution in [1.82, 2.24) is 4.98 Å². The lowest BCUT2D eigenvalue weighted by molar-refractivity contribution is 0.0690. The van der Waals surface area contributed by atoms with Gasteiger partial charge in [0.2, 0.25) is 0 Å². The number of aromatic nitrogens is 1. The summed E-state index contributed by atoms with van der Waals surface area (Å²) in [5.74, 6) is 0.551. The minimum atomic E-state index is -0.979. The second-order valence-corrected chi connectivity index (χ2v) is 5.59. The van der Waals surface area contributed by atoms with Crippen LogP contribution in [0.2, 0.25) is 0 Å². The van der Waals surface area contributed by atoms with Gasteiger partial charge >= 0.3 is 5.97 Å². The second-order valence-electron chi connectivity index (χ2n) is 4.53. The first-order valence-corrected chi connectivity index (χ1v) is 6.82. The van der Waals surface area contributed by atoms with Crippen LogP contribution in [0.3, 0.4) is 0 Å². The van der Waals surface area contributed by atoms with E-state index in [9.17, 15) is 4.79 Å². The molecule has 2 aromatic rings. The molecule has 0 radical (unpaired) electrons. The van der Waals surface area contributed by atoms with Gasteiger partial charge in [0.05, 0.1) is 5.52 Å². The Morgan fingerprint density at radius 2 is 2.11 bits per heavy atom. The van der Waals surface area contributed by atoms with E-state index in [1.54, 1.807) is 17.8 Å². The molecule has 2 rings (SSSR count). The average Bonchev–Trinajstić information content (AvgIpc) is 2.35. The maximum atomic E-state index is 11.1. The molecular formula is C14H15NO2S. The smallest absolute Gasteiger partial charge is 0.354 e. The number of benzene rings is 1. The van der Waals surface area contributed by atoms with E-state index in [0.29, 0.717) is 5.92 Å². The van der Waals surface area contributed by atoms with Crippen molar-refractivity contribution in [2.45, 2.75) is 18.7 Å². The van der Waals surface area contributed by atoms with Crippen LogP contribution in [0.15, 0.2) is 35.2 Å². The lowest BCUT2D eigenvalue weighted by atomic mass is 10.2. The summed E-state index contributed by atoms with van der Waals surface area (Å²) in [6.45, 7) is 4.29. The van der Waals surface area contributed by atoms with E-state index in [4.69, 9.17) is 5.11 Å². The number of hydrogen-bond donors (Lipinski definition) is 1. The number of fused-ring (bicyclic) bond motifs is 1. The van der Waals surface area contributed by atoms with Crippen molar-refractivity contribution in [2.24, 2.45) is 5.92 Å². The van der Waals surface area contributed by atoms with Crippen LogP contribution in [0.5, 0.6) is 0 Å². The fraction of sp³-hybridized carbons (Fsp3) is 0.286. The summed E-state index contributed by atoms with van der Waals surface area (Å²) in [5, 5.41) is 10.1. The Balaban J connectivity index is 2.50. The number of thioether (sulfide) groups is 1. The predicted octanol–water partition coefficient (Wildman–Crippen LogP) is 3.68. The first kappa shape index (κ1) is 12.9. The molecule has 0 bridgehead atoms. The van der Waals surface area contributed by atoms with E-state index in [1.807, 2.05) is 24.3 Å². The van der Waals surface area contributed by atoms with Crippen LogP contribution in [0, 0.1) is 5.92 Å². The Morgan fingerprint density at radius 3 is 2.78 bits per heavy atom. The number of rotatable bonds is 4. The fourth-order valence-electron chi connectivity index (χ4n) is 1.63. The summed E-state index contributed by atoms with van der Waals surface area (Å²) in [6.07, 6.45) is 0.